The monoisotopic (exact) mass is 454 g/mol. The van der Waals surface area contributed by atoms with E-state index in [0.717, 1.165) is 22.2 Å². The number of nitrogens with zero attached hydrogens (tertiary/aromatic N) is 7. The van der Waals surface area contributed by atoms with Crippen molar-refractivity contribution in [3.8, 4) is 22.7 Å². The van der Waals surface area contributed by atoms with Crippen molar-refractivity contribution in [2.24, 2.45) is 0 Å². The van der Waals surface area contributed by atoms with E-state index in [1.165, 1.54) is 6.20 Å². The van der Waals surface area contributed by atoms with Crippen LogP contribution in [0.1, 0.15) is 45.7 Å². The van der Waals surface area contributed by atoms with Gasteiger partial charge in [-0.3, -0.25) is 10.1 Å². The molecule has 0 atom stereocenters. The molecule has 1 N–H and O–H groups in total. The van der Waals surface area contributed by atoms with Gasteiger partial charge in [0.1, 0.15) is 5.69 Å². The minimum absolute atomic E-state index is 0.00316. The van der Waals surface area contributed by atoms with Crippen molar-refractivity contribution >= 4 is 10.9 Å². The van der Waals surface area contributed by atoms with Gasteiger partial charge in [0.05, 0.1) is 35.7 Å². The van der Waals surface area contributed by atoms with E-state index in [0.29, 0.717) is 17.8 Å². The molecular weight excluding hydrogens is 430 g/mol. The zero-order valence-electron chi connectivity index (χ0n) is 18.7. The first-order valence-electron chi connectivity index (χ1n) is 10.6. The lowest BCUT2D eigenvalue weighted by Crippen LogP contribution is -2.02. The maximum atomic E-state index is 12.6. The number of aromatic amines is 1. The molecule has 5 aromatic rings. The molecule has 1 aromatic carbocycles. The number of hydrogen-bond acceptors (Lipinski definition) is 7. The number of rotatable bonds is 5. The summed E-state index contributed by atoms with van der Waals surface area (Å²) in [5, 5.41) is 23.2. The molecule has 172 valence electrons. The van der Waals surface area contributed by atoms with Crippen molar-refractivity contribution in [1.29, 1.82) is 0 Å². The van der Waals surface area contributed by atoms with E-state index in [4.69, 9.17) is 4.42 Å². The van der Waals surface area contributed by atoms with Crippen LogP contribution in [0.2, 0.25) is 0 Å². The van der Waals surface area contributed by atoms with Crippen LogP contribution in [0.15, 0.2) is 53.3 Å². The van der Waals surface area contributed by atoms with Crippen LogP contribution < -0.4 is 0 Å². The highest BCUT2D eigenvalue weighted by Gasteiger charge is 2.17. The minimum Gasteiger partial charge on any atom is -0.415 e. The van der Waals surface area contributed by atoms with E-state index < -0.39 is 12.3 Å². The molecule has 0 aliphatic carbocycles. The van der Waals surface area contributed by atoms with Gasteiger partial charge in [-0.2, -0.15) is 13.9 Å². The molecule has 0 radical (unpaired) electrons. The summed E-state index contributed by atoms with van der Waals surface area (Å²) >= 11 is 0. The average molecular weight is 454 g/mol. The number of fused-ring (bicyclic) bond motifs is 1. The summed E-state index contributed by atoms with van der Waals surface area (Å²) in [6.45, 7) is 8.39. The van der Waals surface area contributed by atoms with Gasteiger partial charge in [0, 0.05) is 17.1 Å². The Labute approximate surface area is 188 Å². The van der Waals surface area contributed by atoms with E-state index in [2.05, 4.69) is 35.7 Å². The molecule has 0 saturated carbocycles. The van der Waals surface area contributed by atoms with Gasteiger partial charge in [-0.1, -0.05) is 45.0 Å². The Hall–Kier alpha value is -4.02. The second-order valence-corrected chi connectivity index (χ2v) is 6.26. The Morgan fingerprint density at radius 2 is 1.76 bits per heavy atom. The van der Waals surface area contributed by atoms with Gasteiger partial charge < -0.3 is 4.42 Å². The average Bonchev–Trinajstić information content (AvgIpc) is 3.62. The summed E-state index contributed by atoms with van der Waals surface area (Å²) in [5.74, 6) is -0.718. The number of pyridine rings is 1. The highest BCUT2D eigenvalue weighted by molar-refractivity contribution is 5.82. The maximum absolute atomic E-state index is 12.6. The smallest absolute Gasteiger partial charge is 0.314 e. The Kier molecular flexibility index (Phi) is 7.90. The molecule has 33 heavy (non-hydrogen) atoms. The number of H-pyrrole nitrogens is 1. The minimum atomic E-state index is -2.81. The number of halogens is 2. The molecule has 9 nitrogen and oxygen atoms in total. The van der Waals surface area contributed by atoms with Gasteiger partial charge in [-0.15, -0.1) is 15.3 Å². The summed E-state index contributed by atoms with van der Waals surface area (Å²) in [5.41, 5.74) is 3.74. The van der Waals surface area contributed by atoms with Gasteiger partial charge in [0.15, 0.2) is 0 Å². The van der Waals surface area contributed by atoms with Gasteiger partial charge in [-0.05, 0) is 18.2 Å². The van der Waals surface area contributed by atoms with Crippen LogP contribution in [0.4, 0.5) is 8.78 Å². The standard InChI is InChI=1S/C18H12F2N8O.2C2H6/c19-16(20)18-26-25-17(29-18)12-3-4-13(21-6-12)8-28-9-15(24-27-28)10-1-2-11-7-22-23-14(11)5-10;2*1-2/h1-7,9,16H,8H2,(H,22,23);2*1-2H3. The molecule has 0 aliphatic heterocycles. The van der Waals surface area contributed by atoms with Crippen molar-refractivity contribution in [1.82, 2.24) is 40.4 Å². The van der Waals surface area contributed by atoms with Crippen molar-refractivity contribution in [3.63, 3.8) is 0 Å². The fourth-order valence-corrected chi connectivity index (χ4v) is 2.85. The fourth-order valence-electron chi connectivity index (χ4n) is 2.85. The summed E-state index contributed by atoms with van der Waals surface area (Å²) in [6.07, 6.45) is 2.26. The zero-order chi connectivity index (χ0) is 23.8. The van der Waals surface area contributed by atoms with Crippen molar-refractivity contribution in [2.45, 2.75) is 40.7 Å². The number of nitrogens with one attached hydrogen (secondary N) is 1. The molecule has 0 aliphatic rings. The van der Waals surface area contributed by atoms with Gasteiger partial charge >= 0.3 is 6.43 Å². The largest absolute Gasteiger partial charge is 0.415 e. The number of hydrogen-bond donors (Lipinski definition) is 1. The molecule has 0 saturated heterocycles. The van der Waals surface area contributed by atoms with E-state index in [9.17, 15) is 8.78 Å². The molecule has 0 unspecified atom stereocenters. The zero-order valence-corrected chi connectivity index (χ0v) is 18.7. The lowest BCUT2D eigenvalue weighted by atomic mass is 10.1. The topological polar surface area (TPSA) is 111 Å². The molecule has 0 amide bonds. The van der Waals surface area contributed by atoms with Gasteiger partial charge in [-0.25, -0.2) is 4.68 Å². The van der Waals surface area contributed by atoms with Crippen molar-refractivity contribution in [3.05, 3.63) is 60.5 Å². The summed E-state index contributed by atoms with van der Waals surface area (Å²) in [7, 11) is 0. The first-order chi connectivity index (χ1) is 16.2. The highest BCUT2D eigenvalue weighted by atomic mass is 19.3. The van der Waals surface area contributed by atoms with Crippen LogP contribution in [0.3, 0.4) is 0 Å². The predicted molar refractivity (Wildman–Crippen MR) is 119 cm³/mol. The van der Waals surface area contributed by atoms with Crippen LogP contribution >= 0.6 is 0 Å². The van der Waals surface area contributed by atoms with Crippen LogP contribution in [-0.2, 0) is 6.54 Å². The lowest BCUT2D eigenvalue weighted by molar-refractivity contribution is 0.116. The number of alkyl halides is 2. The molecule has 0 bridgehead atoms. The van der Waals surface area contributed by atoms with E-state index in [-0.39, 0.29) is 5.89 Å². The summed E-state index contributed by atoms with van der Waals surface area (Å²) in [4.78, 5) is 4.30. The van der Waals surface area contributed by atoms with Gasteiger partial charge in [0.2, 0.25) is 5.89 Å². The van der Waals surface area contributed by atoms with E-state index in [1.54, 1.807) is 23.0 Å². The highest BCUT2D eigenvalue weighted by Crippen LogP contribution is 2.23. The third-order valence-electron chi connectivity index (χ3n) is 4.30. The third kappa shape index (κ3) is 5.43. The second kappa shape index (κ2) is 11.0. The molecule has 4 heterocycles. The van der Waals surface area contributed by atoms with E-state index >= 15 is 0 Å². The lowest BCUT2D eigenvalue weighted by Gasteiger charge is -2.01. The van der Waals surface area contributed by atoms with Crippen LogP contribution in [-0.4, -0.2) is 40.4 Å². The summed E-state index contributed by atoms with van der Waals surface area (Å²) in [6, 6.07) is 9.29. The Morgan fingerprint density at radius 3 is 2.45 bits per heavy atom. The molecule has 0 fully saturated rings. The Bertz CT molecular complexity index is 1280. The maximum Gasteiger partial charge on any atom is 0.314 e. The van der Waals surface area contributed by atoms with Crippen LogP contribution in [0, 0.1) is 0 Å². The molecule has 0 spiro atoms. The second-order valence-electron chi connectivity index (χ2n) is 6.26. The first kappa shape index (κ1) is 23.6. The Balaban J connectivity index is 0.000000728. The quantitative estimate of drug-likeness (QED) is 0.383. The molecule has 11 heteroatoms. The predicted octanol–water partition coefficient (Wildman–Crippen LogP) is 5.30. The fraction of sp³-hybridized carbons (Fsp3) is 0.273. The van der Waals surface area contributed by atoms with Crippen LogP contribution in [0.5, 0.6) is 0 Å². The van der Waals surface area contributed by atoms with Crippen LogP contribution in [0.25, 0.3) is 33.6 Å². The third-order valence-corrected chi connectivity index (χ3v) is 4.30. The first-order valence-corrected chi connectivity index (χ1v) is 10.6. The summed E-state index contributed by atoms with van der Waals surface area (Å²) < 4.78 is 31.7. The van der Waals surface area contributed by atoms with Gasteiger partial charge in [0.25, 0.3) is 5.89 Å². The SMILES string of the molecule is CC.CC.FC(F)c1nnc(-c2ccc(Cn3cc(-c4ccc5cn[nH]c5c4)nn3)nc2)o1. The van der Waals surface area contributed by atoms with Crippen molar-refractivity contribution in [2.75, 3.05) is 0 Å². The number of aromatic nitrogens is 8. The van der Waals surface area contributed by atoms with Crippen molar-refractivity contribution < 1.29 is 13.2 Å². The van der Waals surface area contributed by atoms with E-state index in [1.807, 2.05) is 52.1 Å². The Morgan fingerprint density at radius 1 is 0.970 bits per heavy atom. The normalized spacial score (nSPS) is 10.5. The molecule has 5 rings (SSSR count). The molecule has 4 aromatic heterocycles. The molecular formula is C22H24F2N8O. The number of benzene rings is 1.